The van der Waals surface area contributed by atoms with E-state index < -0.39 is 7.12 Å². The van der Waals surface area contributed by atoms with E-state index in [-0.39, 0.29) is 0 Å². The molecule has 0 radical (unpaired) electrons. The standard InChI is InChI=1S/C6H5BBrClO2/c8-4-2-1-3-5(9)6(4)7(10)11/h1-3,10-11H. The number of halogens is 2. The van der Waals surface area contributed by atoms with Gasteiger partial charge in [-0.05, 0) is 12.1 Å². The van der Waals surface area contributed by atoms with Crippen molar-refractivity contribution in [2.45, 2.75) is 0 Å². The Kier molecular flexibility index (Phi) is 2.95. The smallest absolute Gasteiger partial charge is 0.423 e. The van der Waals surface area contributed by atoms with Gasteiger partial charge in [-0.2, -0.15) is 0 Å². The summed E-state index contributed by atoms with van der Waals surface area (Å²) < 4.78 is 0.597. The van der Waals surface area contributed by atoms with E-state index in [1.165, 1.54) is 0 Å². The predicted molar refractivity (Wildman–Crippen MR) is 49.0 cm³/mol. The lowest BCUT2D eigenvalue weighted by Crippen LogP contribution is -2.31. The van der Waals surface area contributed by atoms with Crippen molar-refractivity contribution in [2.75, 3.05) is 0 Å². The molecule has 11 heavy (non-hydrogen) atoms. The first-order valence-corrected chi connectivity index (χ1v) is 4.10. The minimum absolute atomic E-state index is 0.300. The van der Waals surface area contributed by atoms with Crippen molar-refractivity contribution in [3.63, 3.8) is 0 Å². The average Bonchev–Trinajstić information content (AvgIpc) is 1.85. The lowest BCUT2D eigenvalue weighted by atomic mass is 9.80. The Morgan fingerprint density at radius 2 is 2.00 bits per heavy atom. The Labute approximate surface area is 78.1 Å². The van der Waals surface area contributed by atoms with Gasteiger partial charge >= 0.3 is 7.12 Å². The van der Waals surface area contributed by atoms with E-state index in [2.05, 4.69) is 15.9 Å². The maximum atomic E-state index is 8.83. The lowest BCUT2D eigenvalue weighted by Gasteiger charge is -2.03. The van der Waals surface area contributed by atoms with E-state index in [1.54, 1.807) is 18.2 Å². The predicted octanol–water partition coefficient (Wildman–Crippen LogP) is 0.782. The van der Waals surface area contributed by atoms with Gasteiger partial charge < -0.3 is 10.0 Å². The van der Waals surface area contributed by atoms with Gasteiger partial charge in [-0.1, -0.05) is 33.6 Å². The van der Waals surface area contributed by atoms with Crippen molar-refractivity contribution in [1.29, 1.82) is 0 Å². The molecule has 0 heterocycles. The van der Waals surface area contributed by atoms with Crippen molar-refractivity contribution >= 4 is 40.1 Å². The van der Waals surface area contributed by atoms with Gasteiger partial charge in [0.25, 0.3) is 0 Å². The maximum absolute atomic E-state index is 8.83. The summed E-state index contributed by atoms with van der Waals surface area (Å²) in [5.74, 6) is 0. The Bertz CT molecular complexity index is 247. The second-order valence-corrected chi connectivity index (χ2v) is 3.27. The summed E-state index contributed by atoms with van der Waals surface area (Å²) in [6, 6.07) is 5.01. The quantitative estimate of drug-likeness (QED) is 0.706. The molecule has 1 aromatic rings. The van der Waals surface area contributed by atoms with Crippen LogP contribution in [0.4, 0.5) is 0 Å². The summed E-state index contributed by atoms with van der Waals surface area (Å²) in [6.07, 6.45) is 0. The zero-order valence-electron chi connectivity index (χ0n) is 5.46. The van der Waals surface area contributed by atoms with Crippen LogP contribution in [0.3, 0.4) is 0 Å². The molecule has 0 atom stereocenters. The maximum Gasteiger partial charge on any atom is 0.491 e. The Morgan fingerprint density at radius 3 is 2.36 bits per heavy atom. The number of rotatable bonds is 1. The van der Waals surface area contributed by atoms with Crippen LogP contribution in [0, 0.1) is 0 Å². The van der Waals surface area contributed by atoms with E-state index in [1.807, 2.05) is 0 Å². The largest absolute Gasteiger partial charge is 0.491 e. The van der Waals surface area contributed by atoms with Crippen LogP contribution in [-0.4, -0.2) is 17.2 Å². The summed E-state index contributed by atoms with van der Waals surface area (Å²) in [6.45, 7) is 0. The number of benzene rings is 1. The molecule has 0 saturated heterocycles. The monoisotopic (exact) mass is 234 g/mol. The lowest BCUT2D eigenvalue weighted by molar-refractivity contribution is 0.425. The van der Waals surface area contributed by atoms with Gasteiger partial charge in [-0.3, -0.25) is 0 Å². The van der Waals surface area contributed by atoms with E-state index in [9.17, 15) is 0 Å². The van der Waals surface area contributed by atoms with E-state index >= 15 is 0 Å². The van der Waals surface area contributed by atoms with Crippen LogP contribution in [0.15, 0.2) is 22.7 Å². The molecule has 0 fully saturated rings. The fourth-order valence-electron chi connectivity index (χ4n) is 0.757. The molecular weight excluding hydrogens is 230 g/mol. The van der Waals surface area contributed by atoms with Gasteiger partial charge in [0.05, 0.1) is 0 Å². The van der Waals surface area contributed by atoms with E-state index in [0.29, 0.717) is 15.0 Å². The minimum atomic E-state index is -1.53. The molecule has 0 aliphatic heterocycles. The molecule has 1 aromatic carbocycles. The highest BCUT2D eigenvalue weighted by Crippen LogP contribution is 2.13. The Morgan fingerprint density at radius 1 is 1.36 bits per heavy atom. The first-order chi connectivity index (χ1) is 5.13. The molecule has 58 valence electrons. The number of hydrogen-bond acceptors (Lipinski definition) is 2. The average molecular weight is 235 g/mol. The summed E-state index contributed by atoms with van der Waals surface area (Å²) >= 11 is 8.82. The molecule has 2 N–H and O–H groups in total. The fraction of sp³-hybridized carbons (Fsp3) is 0. The SMILES string of the molecule is OB(O)c1c(Cl)cccc1Br. The molecule has 0 aliphatic carbocycles. The van der Waals surface area contributed by atoms with Crippen molar-refractivity contribution in [1.82, 2.24) is 0 Å². The summed E-state index contributed by atoms with van der Waals surface area (Å²) in [7, 11) is -1.53. The van der Waals surface area contributed by atoms with Crippen LogP contribution in [0.2, 0.25) is 5.02 Å². The summed E-state index contributed by atoms with van der Waals surface area (Å²) in [4.78, 5) is 0. The third-order valence-corrected chi connectivity index (χ3v) is 2.28. The molecule has 0 spiro atoms. The molecule has 2 nitrogen and oxygen atoms in total. The van der Waals surface area contributed by atoms with Gasteiger partial charge in [-0.25, -0.2) is 0 Å². The normalized spacial score (nSPS) is 9.82. The van der Waals surface area contributed by atoms with Crippen molar-refractivity contribution in [2.24, 2.45) is 0 Å². The number of hydrogen-bond donors (Lipinski definition) is 2. The molecular formula is C6H5BBrClO2. The van der Waals surface area contributed by atoms with Crippen molar-refractivity contribution in [3.8, 4) is 0 Å². The van der Waals surface area contributed by atoms with E-state index in [4.69, 9.17) is 21.6 Å². The molecule has 0 bridgehead atoms. The molecule has 1 rings (SSSR count). The highest BCUT2D eigenvalue weighted by Gasteiger charge is 2.17. The molecule has 0 unspecified atom stereocenters. The third kappa shape index (κ3) is 1.96. The highest BCUT2D eigenvalue weighted by molar-refractivity contribution is 9.10. The van der Waals surface area contributed by atoms with Crippen LogP contribution < -0.4 is 5.46 Å². The van der Waals surface area contributed by atoms with Crippen LogP contribution in [0.1, 0.15) is 0 Å². The molecule has 0 aliphatic rings. The Balaban J connectivity index is 3.21. The van der Waals surface area contributed by atoms with Crippen LogP contribution >= 0.6 is 27.5 Å². The van der Waals surface area contributed by atoms with Gasteiger partial charge in [0, 0.05) is 15.0 Å². The van der Waals surface area contributed by atoms with Crippen LogP contribution in [0.5, 0.6) is 0 Å². The van der Waals surface area contributed by atoms with Crippen LogP contribution in [0.25, 0.3) is 0 Å². The molecule has 5 heteroatoms. The van der Waals surface area contributed by atoms with Gasteiger partial charge in [0.15, 0.2) is 0 Å². The first kappa shape index (κ1) is 9.07. The fourth-order valence-corrected chi connectivity index (χ4v) is 1.71. The molecule has 0 saturated carbocycles. The van der Waals surface area contributed by atoms with Gasteiger partial charge in [0.2, 0.25) is 0 Å². The van der Waals surface area contributed by atoms with Crippen LogP contribution in [-0.2, 0) is 0 Å². The summed E-state index contributed by atoms with van der Waals surface area (Å²) in [5, 5.41) is 18.0. The second-order valence-electron chi connectivity index (χ2n) is 2.01. The zero-order valence-corrected chi connectivity index (χ0v) is 7.80. The van der Waals surface area contributed by atoms with Gasteiger partial charge in [-0.15, -0.1) is 0 Å². The van der Waals surface area contributed by atoms with E-state index in [0.717, 1.165) is 0 Å². The topological polar surface area (TPSA) is 40.5 Å². The minimum Gasteiger partial charge on any atom is -0.423 e. The van der Waals surface area contributed by atoms with Crippen molar-refractivity contribution < 1.29 is 10.0 Å². The first-order valence-electron chi connectivity index (χ1n) is 2.93. The Hall–Kier alpha value is -0.0251. The van der Waals surface area contributed by atoms with Crippen molar-refractivity contribution in [3.05, 3.63) is 27.7 Å². The second kappa shape index (κ2) is 3.58. The molecule has 0 aromatic heterocycles. The summed E-state index contributed by atoms with van der Waals surface area (Å²) in [5.41, 5.74) is 0.300. The molecule has 0 amide bonds. The highest BCUT2D eigenvalue weighted by atomic mass is 79.9. The third-order valence-electron chi connectivity index (χ3n) is 1.26. The zero-order chi connectivity index (χ0) is 8.43. The van der Waals surface area contributed by atoms with Gasteiger partial charge in [0.1, 0.15) is 0 Å².